The molecule has 0 unspecified atom stereocenters. The first-order chi connectivity index (χ1) is 14.4. The Morgan fingerprint density at radius 1 is 0.967 bits per heavy atom. The Morgan fingerprint density at radius 3 is 1.93 bits per heavy atom. The molecule has 4 rings (SSSR count). The second-order valence-electron chi connectivity index (χ2n) is 8.31. The van der Waals surface area contributed by atoms with Crippen molar-refractivity contribution >= 4 is 11.9 Å². The molecular formula is C22H34O8. The highest BCUT2D eigenvalue weighted by Crippen LogP contribution is 2.39. The fraction of sp³-hybridized carbons (Fsp3) is 0.818. The minimum Gasteiger partial charge on any atom is -0.481 e. The SMILES string of the molecule is CCOC(=O)C=C1CCC2(CC1)OCCO2.O=C(O)CC1CCC2(CC1)OCCO2. The first-order valence-corrected chi connectivity index (χ1v) is 11.1. The summed E-state index contributed by atoms with van der Waals surface area (Å²) in [5, 5.41) is 8.66. The quantitative estimate of drug-likeness (QED) is 0.540. The maximum atomic E-state index is 11.3. The average molecular weight is 427 g/mol. The van der Waals surface area contributed by atoms with Gasteiger partial charge in [0.1, 0.15) is 0 Å². The summed E-state index contributed by atoms with van der Waals surface area (Å²) in [4.78, 5) is 21.8. The molecule has 0 amide bonds. The molecule has 2 aliphatic carbocycles. The van der Waals surface area contributed by atoms with Crippen molar-refractivity contribution < 1.29 is 38.4 Å². The van der Waals surface area contributed by atoms with Gasteiger partial charge in [-0.25, -0.2) is 4.79 Å². The fourth-order valence-electron chi connectivity index (χ4n) is 4.59. The van der Waals surface area contributed by atoms with E-state index in [0.717, 1.165) is 56.9 Å². The summed E-state index contributed by atoms with van der Waals surface area (Å²) in [6.07, 6.45) is 8.84. The lowest BCUT2D eigenvalue weighted by Gasteiger charge is -2.34. The molecule has 2 aliphatic heterocycles. The Hall–Kier alpha value is -1.48. The standard InChI is InChI=1S/C12H18O4.C10H16O4/c1-2-14-11(13)9-10-3-5-12(6-4-10)15-7-8-16-12;11-9(12)7-8-1-3-10(4-2-8)13-5-6-14-10/h9H,2-8H2,1H3;8H,1-7H2,(H,11,12). The van der Waals surface area contributed by atoms with Crippen molar-refractivity contribution in [3.8, 4) is 0 Å². The van der Waals surface area contributed by atoms with E-state index in [4.69, 9.17) is 28.8 Å². The molecule has 4 fully saturated rings. The molecule has 0 aromatic heterocycles. The van der Waals surface area contributed by atoms with Gasteiger partial charge in [0, 0.05) is 38.2 Å². The van der Waals surface area contributed by atoms with Crippen LogP contribution in [0.25, 0.3) is 0 Å². The van der Waals surface area contributed by atoms with Crippen LogP contribution in [-0.2, 0) is 33.3 Å². The molecule has 1 N–H and O–H groups in total. The number of hydrogen-bond donors (Lipinski definition) is 1. The predicted molar refractivity (Wildman–Crippen MR) is 107 cm³/mol. The molecule has 2 saturated carbocycles. The summed E-state index contributed by atoms with van der Waals surface area (Å²) in [5.41, 5.74) is 1.14. The van der Waals surface area contributed by atoms with Gasteiger partial charge in [-0.15, -0.1) is 0 Å². The Kier molecular flexibility index (Phi) is 8.27. The minimum absolute atomic E-state index is 0.235. The van der Waals surface area contributed by atoms with E-state index in [2.05, 4.69) is 0 Å². The van der Waals surface area contributed by atoms with E-state index in [1.165, 1.54) is 0 Å². The summed E-state index contributed by atoms with van der Waals surface area (Å²) in [6, 6.07) is 0. The molecule has 0 atom stereocenters. The van der Waals surface area contributed by atoms with Gasteiger partial charge >= 0.3 is 11.9 Å². The van der Waals surface area contributed by atoms with E-state index < -0.39 is 5.97 Å². The zero-order valence-corrected chi connectivity index (χ0v) is 17.9. The van der Waals surface area contributed by atoms with Crippen LogP contribution in [0, 0.1) is 5.92 Å². The van der Waals surface area contributed by atoms with Gasteiger partial charge < -0.3 is 28.8 Å². The van der Waals surface area contributed by atoms with Gasteiger partial charge in [0.15, 0.2) is 11.6 Å². The Labute approximate surface area is 177 Å². The fourth-order valence-corrected chi connectivity index (χ4v) is 4.59. The first kappa shape index (κ1) is 23.2. The number of ether oxygens (including phenoxy) is 5. The van der Waals surface area contributed by atoms with Crippen LogP contribution in [0.5, 0.6) is 0 Å². The van der Waals surface area contributed by atoms with Crippen LogP contribution >= 0.6 is 0 Å². The van der Waals surface area contributed by atoms with Gasteiger partial charge in [-0.2, -0.15) is 0 Å². The maximum Gasteiger partial charge on any atom is 0.330 e. The molecule has 2 saturated heterocycles. The molecule has 0 aromatic rings. The highest BCUT2D eigenvalue weighted by atomic mass is 16.7. The number of esters is 1. The minimum atomic E-state index is -0.695. The van der Waals surface area contributed by atoms with Crippen LogP contribution in [0.15, 0.2) is 11.6 Å². The van der Waals surface area contributed by atoms with Gasteiger partial charge in [-0.1, -0.05) is 5.57 Å². The number of carboxylic acids is 1. The number of carboxylic acid groups (broad SMARTS) is 1. The van der Waals surface area contributed by atoms with Crippen molar-refractivity contribution in [2.24, 2.45) is 5.92 Å². The Bertz CT molecular complexity index is 595. The molecule has 8 nitrogen and oxygen atoms in total. The highest BCUT2D eigenvalue weighted by molar-refractivity contribution is 5.82. The summed E-state index contributed by atoms with van der Waals surface area (Å²) < 4.78 is 27.2. The largest absolute Gasteiger partial charge is 0.481 e. The normalized spacial score (nSPS) is 26.8. The predicted octanol–water partition coefficient (Wildman–Crippen LogP) is 3.19. The molecule has 0 radical (unpaired) electrons. The van der Waals surface area contributed by atoms with E-state index in [9.17, 15) is 9.59 Å². The van der Waals surface area contributed by atoms with Gasteiger partial charge in [0.25, 0.3) is 0 Å². The van der Waals surface area contributed by atoms with Crippen molar-refractivity contribution in [1.82, 2.24) is 0 Å². The Balaban J connectivity index is 0.000000172. The van der Waals surface area contributed by atoms with Gasteiger partial charge in [-0.05, 0) is 38.5 Å². The van der Waals surface area contributed by atoms with Crippen molar-refractivity contribution in [1.29, 1.82) is 0 Å². The highest BCUT2D eigenvalue weighted by Gasteiger charge is 2.40. The van der Waals surface area contributed by atoms with Crippen LogP contribution < -0.4 is 0 Å². The van der Waals surface area contributed by atoms with Crippen molar-refractivity contribution in [2.45, 2.75) is 76.3 Å². The van der Waals surface area contributed by atoms with Crippen molar-refractivity contribution in [3.05, 3.63) is 11.6 Å². The van der Waals surface area contributed by atoms with E-state index in [1.54, 1.807) is 6.08 Å². The van der Waals surface area contributed by atoms with E-state index in [0.29, 0.717) is 39.0 Å². The summed E-state index contributed by atoms with van der Waals surface area (Å²) in [5.74, 6) is -1.33. The first-order valence-electron chi connectivity index (χ1n) is 11.1. The molecule has 0 aromatic carbocycles. The third-order valence-electron chi connectivity index (χ3n) is 6.22. The average Bonchev–Trinajstić information content (AvgIpc) is 3.37. The van der Waals surface area contributed by atoms with Gasteiger partial charge in [0.2, 0.25) is 0 Å². The molecule has 2 spiro atoms. The van der Waals surface area contributed by atoms with Crippen molar-refractivity contribution in [3.63, 3.8) is 0 Å². The number of carbonyl (C=O) groups excluding carboxylic acids is 1. The lowest BCUT2D eigenvalue weighted by Crippen LogP contribution is -2.35. The molecular weight excluding hydrogens is 392 g/mol. The molecule has 30 heavy (non-hydrogen) atoms. The molecule has 2 heterocycles. The van der Waals surface area contributed by atoms with E-state index >= 15 is 0 Å². The summed E-state index contributed by atoms with van der Waals surface area (Å²) in [7, 11) is 0. The topological polar surface area (TPSA) is 101 Å². The lowest BCUT2D eigenvalue weighted by atomic mass is 9.83. The Morgan fingerprint density at radius 2 is 1.47 bits per heavy atom. The second-order valence-corrected chi connectivity index (χ2v) is 8.31. The smallest absolute Gasteiger partial charge is 0.330 e. The van der Waals surface area contributed by atoms with Gasteiger partial charge in [0.05, 0.1) is 33.0 Å². The third kappa shape index (κ3) is 6.51. The zero-order valence-electron chi connectivity index (χ0n) is 17.9. The van der Waals surface area contributed by atoms with E-state index in [1.807, 2.05) is 6.92 Å². The molecule has 170 valence electrons. The van der Waals surface area contributed by atoms with Crippen LogP contribution in [0.1, 0.15) is 64.7 Å². The lowest BCUT2D eigenvalue weighted by molar-refractivity contribution is -0.183. The maximum absolute atomic E-state index is 11.3. The van der Waals surface area contributed by atoms with Crippen LogP contribution in [-0.4, -0.2) is 61.7 Å². The summed E-state index contributed by atoms with van der Waals surface area (Å²) in [6.45, 7) is 4.99. The third-order valence-corrected chi connectivity index (χ3v) is 6.22. The van der Waals surface area contributed by atoms with E-state index in [-0.39, 0.29) is 24.0 Å². The number of hydrogen-bond acceptors (Lipinski definition) is 7. The summed E-state index contributed by atoms with van der Waals surface area (Å²) >= 11 is 0. The number of rotatable bonds is 4. The van der Waals surface area contributed by atoms with Crippen molar-refractivity contribution in [2.75, 3.05) is 33.0 Å². The number of allylic oxidation sites excluding steroid dienone is 1. The second kappa shape index (κ2) is 10.7. The number of carbonyl (C=O) groups is 2. The monoisotopic (exact) mass is 426 g/mol. The molecule has 4 aliphatic rings. The van der Waals surface area contributed by atoms with Crippen LogP contribution in [0.4, 0.5) is 0 Å². The molecule has 0 bridgehead atoms. The van der Waals surface area contributed by atoms with Crippen LogP contribution in [0.2, 0.25) is 0 Å². The molecule has 8 heteroatoms. The van der Waals surface area contributed by atoms with Gasteiger partial charge in [-0.3, -0.25) is 4.79 Å². The van der Waals surface area contributed by atoms with Crippen LogP contribution in [0.3, 0.4) is 0 Å². The number of aliphatic carboxylic acids is 1. The zero-order chi connectivity index (χ0) is 21.5.